The van der Waals surface area contributed by atoms with Crippen LogP contribution >= 0.6 is 0 Å². The summed E-state index contributed by atoms with van der Waals surface area (Å²) in [6, 6.07) is 1.94. The Morgan fingerprint density at radius 2 is 2.32 bits per heavy atom. The van der Waals surface area contributed by atoms with Gasteiger partial charge in [0.1, 0.15) is 11.4 Å². The first-order valence-electron chi connectivity index (χ1n) is 5.34. The van der Waals surface area contributed by atoms with Crippen LogP contribution < -0.4 is 5.32 Å². The standard InChI is InChI=1S/C11H13FN2O5/c1-19-6-8(5-15)13-11(16)9-3-2-7(12)4-10(9)14(17)18/h2-4,8,15H,5-6H2,1H3,(H,13,16). The van der Waals surface area contributed by atoms with Crippen LogP contribution in [0.4, 0.5) is 10.1 Å². The van der Waals surface area contributed by atoms with Crippen LogP contribution in [0.5, 0.6) is 0 Å². The third kappa shape index (κ3) is 3.97. The maximum absolute atomic E-state index is 12.9. The van der Waals surface area contributed by atoms with Crippen LogP contribution in [0, 0.1) is 15.9 Å². The molecule has 1 amide bonds. The molecule has 0 heterocycles. The monoisotopic (exact) mass is 272 g/mol. The maximum atomic E-state index is 12.9. The number of nitrogens with zero attached hydrogens (tertiary/aromatic N) is 1. The number of nitrogens with one attached hydrogen (secondary N) is 1. The van der Waals surface area contributed by atoms with Crippen molar-refractivity contribution in [3.05, 3.63) is 39.7 Å². The summed E-state index contributed by atoms with van der Waals surface area (Å²) in [6.45, 7) is -0.328. The van der Waals surface area contributed by atoms with Crippen LogP contribution in [0.1, 0.15) is 10.4 Å². The fraction of sp³-hybridized carbons (Fsp3) is 0.364. The largest absolute Gasteiger partial charge is 0.394 e. The van der Waals surface area contributed by atoms with Crippen LogP contribution in [0.2, 0.25) is 0 Å². The second kappa shape index (κ2) is 6.76. The van der Waals surface area contributed by atoms with Gasteiger partial charge < -0.3 is 15.2 Å². The van der Waals surface area contributed by atoms with E-state index in [1.54, 1.807) is 0 Å². The van der Waals surface area contributed by atoms with Crippen molar-refractivity contribution >= 4 is 11.6 Å². The highest BCUT2D eigenvalue weighted by Gasteiger charge is 2.22. The summed E-state index contributed by atoms with van der Waals surface area (Å²) in [5, 5.41) is 22.1. The minimum absolute atomic E-state index is 0.0528. The topological polar surface area (TPSA) is 102 Å². The van der Waals surface area contributed by atoms with E-state index in [1.165, 1.54) is 7.11 Å². The Morgan fingerprint density at radius 1 is 1.63 bits per heavy atom. The smallest absolute Gasteiger partial charge is 0.285 e. The number of ether oxygens (including phenoxy) is 1. The molecule has 19 heavy (non-hydrogen) atoms. The Kier molecular flexibility index (Phi) is 5.34. The van der Waals surface area contributed by atoms with Crippen molar-refractivity contribution in [1.29, 1.82) is 0 Å². The van der Waals surface area contributed by atoms with E-state index in [9.17, 15) is 19.3 Å². The van der Waals surface area contributed by atoms with Crippen LogP contribution in [0.3, 0.4) is 0 Å². The van der Waals surface area contributed by atoms with Gasteiger partial charge in [-0.2, -0.15) is 0 Å². The van der Waals surface area contributed by atoms with E-state index in [-0.39, 0.29) is 18.8 Å². The van der Waals surface area contributed by atoms with Gasteiger partial charge >= 0.3 is 0 Å². The number of aliphatic hydroxyl groups excluding tert-OH is 1. The number of carbonyl (C=O) groups is 1. The highest BCUT2D eigenvalue weighted by molar-refractivity contribution is 5.98. The molecule has 1 aromatic carbocycles. The molecule has 0 aliphatic heterocycles. The first kappa shape index (κ1) is 15.0. The number of carbonyl (C=O) groups excluding carboxylic acids is 1. The number of hydrogen-bond donors (Lipinski definition) is 2. The molecule has 0 saturated carbocycles. The molecule has 1 aromatic rings. The second-order valence-electron chi connectivity index (χ2n) is 3.73. The summed E-state index contributed by atoms with van der Waals surface area (Å²) in [5.41, 5.74) is -0.910. The Morgan fingerprint density at radius 3 is 2.84 bits per heavy atom. The SMILES string of the molecule is COCC(CO)NC(=O)c1ccc(F)cc1[N+](=O)[O-]. The van der Waals surface area contributed by atoms with E-state index in [2.05, 4.69) is 5.32 Å². The molecule has 1 unspecified atom stereocenters. The molecular formula is C11H13FN2O5. The summed E-state index contributed by atoms with van der Waals surface area (Å²) in [5.74, 6) is -1.58. The predicted molar refractivity (Wildman–Crippen MR) is 63.3 cm³/mol. The lowest BCUT2D eigenvalue weighted by atomic mass is 10.1. The van der Waals surface area contributed by atoms with E-state index in [1.807, 2.05) is 0 Å². The van der Waals surface area contributed by atoms with Gasteiger partial charge in [-0.3, -0.25) is 14.9 Å². The minimum Gasteiger partial charge on any atom is -0.394 e. The molecule has 0 spiro atoms. The van der Waals surface area contributed by atoms with Crippen molar-refractivity contribution in [2.45, 2.75) is 6.04 Å². The van der Waals surface area contributed by atoms with Crippen molar-refractivity contribution in [1.82, 2.24) is 5.32 Å². The van der Waals surface area contributed by atoms with Gasteiger partial charge in [0.25, 0.3) is 11.6 Å². The molecule has 0 aliphatic carbocycles. The van der Waals surface area contributed by atoms with Gasteiger partial charge in [0.2, 0.25) is 0 Å². The number of aliphatic hydroxyl groups is 1. The zero-order valence-corrected chi connectivity index (χ0v) is 10.1. The Hall–Kier alpha value is -2.06. The van der Waals surface area contributed by atoms with Gasteiger partial charge in [0, 0.05) is 7.11 Å². The Labute approximate surface area is 108 Å². The molecular weight excluding hydrogens is 259 g/mol. The molecule has 1 rings (SSSR count). The quantitative estimate of drug-likeness (QED) is 0.579. The van der Waals surface area contributed by atoms with Crippen molar-refractivity contribution in [2.75, 3.05) is 20.3 Å². The van der Waals surface area contributed by atoms with Crippen LogP contribution in [-0.2, 0) is 4.74 Å². The number of nitro benzene ring substituents is 1. The molecule has 8 heteroatoms. The maximum Gasteiger partial charge on any atom is 0.285 e. The highest BCUT2D eigenvalue weighted by Crippen LogP contribution is 2.19. The summed E-state index contributed by atoms with van der Waals surface area (Å²) in [6.07, 6.45) is 0. The first-order chi connectivity index (χ1) is 8.99. The van der Waals surface area contributed by atoms with E-state index in [0.717, 1.165) is 12.1 Å². The molecule has 0 fully saturated rings. The molecule has 0 radical (unpaired) electrons. The summed E-state index contributed by atoms with van der Waals surface area (Å²) >= 11 is 0. The molecule has 2 N–H and O–H groups in total. The zero-order chi connectivity index (χ0) is 14.4. The van der Waals surface area contributed by atoms with E-state index >= 15 is 0 Å². The fourth-order valence-electron chi connectivity index (χ4n) is 1.45. The fourth-order valence-corrected chi connectivity index (χ4v) is 1.45. The normalized spacial score (nSPS) is 11.9. The number of rotatable bonds is 6. The van der Waals surface area contributed by atoms with E-state index < -0.39 is 28.4 Å². The molecule has 0 aromatic heterocycles. The zero-order valence-electron chi connectivity index (χ0n) is 10.1. The number of hydrogen-bond acceptors (Lipinski definition) is 5. The van der Waals surface area contributed by atoms with Crippen molar-refractivity contribution in [3.8, 4) is 0 Å². The molecule has 0 bridgehead atoms. The van der Waals surface area contributed by atoms with E-state index in [4.69, 9.17) is 9.84 Å². The number of amides is 1. The molecule has 7 nitrogen and oxygen atoms in total. The highest BCUT2D eigenvalue weighted by atomic mass is 19.1. The van der Waals surface area contributed by atoms with Gasteiger partial charge in [-0.15, -0.1) is 0 Å². The molecule has 0 saturated heterocycles. The summed E-state index contributed by atoms with van der Waals surface area (Å²) in [4.78, 5) is 21.7. The summed E-state index contributed by atoms with van der Waals surface area (Å²) in [7, 11) is 1.38. The molecule has 0 aliphatic rings. The summed E-state index contributed by atoms with van der Waals surface area (Å²) < 4.78 is 17.7. The number of benzene rings is 1. The predicted octanol–water partition coefficient (Wildman–Crippen LogP) is 0.471. The van der Waals surface area contributed by atoms with Crippen molar-refractivity contribution in [3.63, 3.8) is 0 Å². The van der Waals surface area contributed by atoms with Crippen LogP contribution in [0.25, 0.3) is 0 Å². The lowest BCUT2D eigenvalue weighted by Crippen LogP contribution is -2.40. The van der Waals surface area contributed by atoms with Gasteiger partial charge in [0.05, 0.1) is 30.2 Å². The second-order valence-corrected chi connectivity index (χ2v) is 3.73. The average Bonchev–Trinajstić information content (AvgIpc) is 2.37. The van der Waals surface area contributed by atoms with Gasteiger partial charge in [0.15, 0.2) is 0 Å². The Bertz CT molecular complexity index is 480. The van der Waals surface area contributed by atoms with E-state index in [0.29, 0.717) is 6.07 Å². The molecule has 104 valence electrons. The van der Waals surface area contributed by atoms with Gasteiger partial charge in [-0.25, -0.2) is 4.39 Å². The van der Waals surface area contributed by atoms with Crippen molar-refractivity contribution < 1.29 is 24.0 Å². The third-order valence-corrected chi connectivity index (χ3v) is 2.32. The lowest BCUT2D eigenvalue weighted by Gasteiger charge is -2.15. The number of methoxy groups -OCH3 is 1. The lowest BCUT2D eigenvalue weighted by molar-refractivity contribution is -0.385. The minimum atomic E-state index is -0.845. The van der Waals surface area contributed by atoms with Crippen LogP contribution in [0.15, 0.2) is 18.2 Å². The van der Waals surface area contributed by atoms with Gasteiger partial charge in [-0.1, -0.05) is 0 Å². The van der Waals surface area contributed by atoms with Crippen molar-refractivity contribution in [2.24, 2.45) is 0 Å². The average molecular weight is 272 g/mol. The number of nitro groups is 1. The Balaban J connectivity index is 2.96. The van der Waals surface area contributed by atoms with Crippen LogP contribution in [-0.4, -0.2) is 42.3 Å². The third-order valence-electron chi connectivity index (χ3n) is 2.32. The molecule has 1 atom stereocenters. The first-order valence-corrected chi connectivity index (χ1v) is 5.34. The van der Waals surface area contributed by atoms with Gasteiger partial charge in [-0.05, 0) is 12.1 Å². The number of halogens is 1.